The molecule has 0 bridgehead atoms. The van der Waals surface area contributed by atoms with E-state index in [-0.39, 0.29) is 30.4 Å². The lowest BCUT2D eigenvalue weighted by Crippen LogP contribution is -2.46. The lowest BCUT2D eigenvalue weighted by atomic mass is 9.87. The fourth-order valence-electron chi connectivity index (χ4n) is 2.52. The van der Waals surface area contributed by atoms with Crippen molar-refractivity contribution >= 4 is 17.8 Å². The smallest absolute Gasteiger partial charge is 0.290 e. The van der Waals surface area contributed by atoms with E-state index in [0.717, 1.165) is 5.56 Å². The van der Waals surface area contributed by atoms with Crippen molar-refractivity contribution in [2.45, 2.75) is 24.9 Å². The molecule has 0 saturated heterocycles. The molecular weight excluding hydrogens is 322 g/mol. The van der Waals surface area contributed by atoms with E-state index < -0.39 is 0 Å². The van der Waals surface area contributed by atoms with Crippen molar-refractivity contribution in [2.24, 2.45) is 15.9 Å². The van der Waals surface area contributed by atoms with Crippen LogP contribution in [0.1, 0.15) is 23.4 Å². The minimum Gasteiger partial charge on any atom is -0.390 e. The number of aliphatic imine (C=N–C) groups is 1. The second-order valence-corrected chi connectivity index (χ2v) is 5.79. The van der Waals surface area contributed by atoms with Gasteiger partial charge in [-0.05, 0) is 12.8 Å². The molecule has 1 fully saturated rings. The molecule has 3 rings (SSSR count). The van der Waals surface area contributed by atoms with Crippen LogP contribution in [0.15, 0.2) is 51.0 Å². The summed E-state index contributed by atoms with van der Waals surface area (Å²) in [5, 5.41) is 19.2. The van der Waals surface area contributed by atoms with Crippen molar-refractivity contribution in [2.75, 3.05) is 6.61 Å². The van der Waals surface area contributed by atoms with E-state index in [1.54, 1.807) is 6.07 Å². The van der Waals surface area contributed by atoms with E-state index in [2.05, 4.69) is 20.6 Å². The third-order valence-corrected chi connectivity index (χ3v) is 4.01. The van der Waals surface area contributed by atoms with E-state index >= 15 is 0 Å². The maximum Gasteiger partial charge on any atom is 0.290 e. The Labute approximate surface area is 144 Å². The van der Waals surface area contributed by atoms with E-state index in [1.807, 2.05) is 30.3 Å². The second-order valence-electron chi connectivity index (χ2n) is 5.79. The highest BCUT2D eigenvalue weighted by Crippen LogP contribution is 2.24. The van der Waals surface area contributed by atoms with Crippen LogP contribution in [0, 0.1) is 0 Å². The molecule has 0 spiro atoms. The van der Waals surface area contributed by atoms with Gasteiger partial charge in [0.25, 0.3) is 5.91 Å². The van der Waals surface area contributed by atoms with Crippen LogP contribution in [-0.4, -0.2) is 46.8 Å². The number of hydrogen-bond donors (Lipinski definition) is 3. The standard InChI is InChI=1S/C17H19N5O3/c18-21-14(10-23)9-19-12-6-13(7-12)20-17(24)16-8-15(22-25-16)11-4-2-1-3-5-11/h1-5,8-9,12-13,23H,6-7,10,18H2,(H,20,24). The number of aromatic nitrogens is 1. The first-order chi connectivity index (χ1) is 12.2. The zero-order valence-corrected chi connectivity index (χ0v) is 13.5. The number of benzene rings is 1. The van der Waals surface area contributed by atoms with Gasteiger partial charge < -0.3 is 20.8 Å². The van der Waals surface area contributed by atoms with E-state index in [4.69, 9.17) is 15.5 Å². The van der Waals surface area contributed by atoms with Crippen molar-refractivity contribution in [1.82, 2.24) is 10.5 Å². The summed E-state index contributed by atoms with van der Waals surface area (Å²) in [5.74, 6) is 4.99. The molecule has 1 saturated carbocycles. The maximum atomic E-state index is 12.2. The number of hydrazone groups is 1. The average molecular weight is 341 g/mol. The molecule has 1 aliphatic carbocycles. The Kier molecular flexibility index (Phi) is 5.20. The average Bonchev–Trinajstić information content (AvgIpc) is 3.11. The number of nitrogens with zero attached hydrogens (tertiary/aromatic N) is 3. The predicted octanol–water partition coefficient (Wildman–Crippen LogP) is 0.980. The van der Waals surface area contributed by atoms with Crippen LogP contribution in [0.2, 0.25) is 0 Å². The summed E-state index contributed by atoms with van der Waals surface area (Å²) in [6.45, 7) is -0.248. The molecule has 0 aliphatic heterocycles. The molecule has 1 aromatic carbocycles. The SMILES string of the molecule is NN=C(C=NC1CC(NC(=O)c2cc(-c3ccccc3)no2)C1)CO. The number of rotatable bonds is 6. The number of hydrogen-bond acceptors (Lipinski definition) is 7. The molecule has 1 amide bonds. The number of aliphatic hydroxyl groups is 1. The molecule has 25 heavy (non-hydrogen) atoms. The van der Waals surface area contributed by atoms with Crippen molar-refractivity contribution < 1.29 is 14.4 Å². The Morgan fingerprint density at radius 1 is 1.40 bits per heavy atom. The van der Waals surface area contributed by atoms with Gasteiger partial charge in [-0.3, -0.25) is 9.79 Å². The molecule has 2 aromatic rings. The highest BCUT2D eigenvalue weighted by Gasteiger charge is 2.30. The highest BCUT2D eigenvalue weighted by atomic mass is 16.5. The number of carbonyl (C=O) groups excluding carboxylic acids is 1. The zero-order valence-electron chi connectivity index (χ0n) is 13.5. The number of carbonyl (C=O) groups is 1. The Bertz CT molecular complexity index is 779. The van der Waals surface area contributed by atoms with Gasteiger partial charge >= 0.3 is 0 Å². The number of nitrogens with two attached hydrogens (primary N) is 1. The van der Waals surface area contributed by atoms with Gasteiger partial charge in [-0.25, -0.2) is 0 Å². The van der Waals surface area contributed by atoms with Crippen molar-refractivity contribution in [1.29, 1.82) is 0 Å². The highest BCUT2D eigenvalue weighted by molar-refractivity contribution is 6.31. The van der Waals surface area contributed by atoms with Gasteiger partial charge in [0.05, 0.1) is 12.6 Å². The number of amides is 1. The lowest BCUT2D eigenvalue weighted by Gasteiger charge is -2.32. The summed E-state index contributed by atoms with van der Waals surface area (Å²) >= 11 is 0. The molecule has 8 heteroatoms. The van der Waals surface area contributed by atoms with Crippen LogP contribution in [-0.2, 0) is 0 Å². The first-order valence-corrected chi connectivity index (χ1v) is 7.93. The summed E-state index contributed by atoms with van der Waals surface area (Å²) in [5.41, 5.74) is 1.84. The minimum absolute atomic E-state index is 0.0346. The van der Waals surface area contributed by atoms with Gasteiger partial charge in [-0.1, -0.05) is 35.5 Å². The molecule has 0 atom stereocenters. The van der Waals surface area contributed by atoms with Gasteiger partial charge in [0.1, 0.15) is 11.4 Å². The van der Waals surface area contributed by atoms with Gasteiger partial charge in [-0.2, -0.15) is 5.10 Å². The molecule has 0 unspecified atom stereocenters. The third kappa shape index (κ3) is 4.10. The van der Waals surface area contributed by atoms with Gasteiger partial charge in [0, 0.05) is 23.9 Å². The Balaban J connectivity index is 1.51. The van der Waals surface area contributed by atoms with E-state index in [0.29, 0.717) is 24.2 Å². The van der Waals surface area contributed by atoms with Crippen LogP contribution >= 0.6 is 0 Å². The zero-order chi connectivity index (χ0) is 17.6. The monoisotopic (exact) mass is 341 g/mol. The topological polar surface area (TPSA) is 126 Å². The summed E-state index contributed by atoms with van der Waals surface area (Å²) < 4.78 is 5.14. The first kappa shape index (κ1) is 16.8. The van der Waals surface area contributed by atoms with Gasteiger partial charge in [-0.15, -0.1) is 0 Å². The largest absolute Gasteiger partial charge is 0.390 e. The molecule has 1 aromatic heterocycles. The Hall–Kier alpha value is -3.00. The predicted molar refractivity (Wildman–Crippen MR) is 93.4 cm³/mol. The Morgan fingerprint density at radius 3 is 2.84 bits per heavy atom. The molecule has 1 heterocycles. The first-order valence-electron chi connectivity index (χ1n) is 7.93. The fraction of sp³-hybridized carbons (Fsp3) is 0.294. The fourth-order valence-corrected chi connectivity index (χ4v) is 2.52. The van der Waals surface area contributed by atoms with Crippen LogP contribution in [0.25, 0.3) is 11.3 Å². The summed E-state index contributed by atoms with van der Waals surface area (Å²) in [6.07, 6.45) is 2.89. The summed E-state index contributed by atoms with van der Waals surface area (Å²) in [4.78, 5) is 16.5. The quantitative estimate of drug-likeness (QED) is 0.410. The molecule has 8 nitrogen and oxygen atoms in total. The van der Waals surface area contributed by atoms with Crippen molar-refractivity contribution in [3.63, 3.8) is 0 Å². The summed E-state index contributed by atoms with van der Waals surface area (Å²) in [6, 6.07) is 11.3. The number of nitrogens with one attached hydrogen (secondary N) is 1. The van der Waals surface area contributed by atoms with Crippen LogP contribution in [0.4, 0.5) is 0 Å². The molecule has 4 N–H and O–H groups in total. The number of aliphatic hydroxyl groups excluding tert-OH is 1. The Morgan fingerprint density at radius 2 is 2.16 bits per heavy atom. The van der Waals surface area contributed by atoms with Crippen LogP contribution in [0.3, 0.4) is 0 Å². The van der Waals surface area contributed by atoms with Crippen molar-refractivity contribution in [3.8, 4) is 11.3 Å². The molecule has 0 radical (unpaired) electrons. The van der Waals surface area contributed by atoms with E-state index in [1.165, 1.54) is 6.21 Å². The molecular formula is C17H19N5O3. The van der Waals surface area contributed by atoms with Crippen LogP contribution in [0.5, 0.6) is 0 Å². The second kappa shape index (κ2) is 7.71. The normalized spacial score (nSPS) is 20.4. The van der Waals surface area contributed by atoms with Crippen molar-refractivity contribution in [3.05, 3.63) is 42.2 Å². The van der Waals surface area contributed by atoms with E-state index in [9.17, 15) is 4.79 Å². The van der Waals surface area contributed by atoms with Crippen LogP contribution < -0.4 is 11.2 Å². The third-order valence-electron chi connectivity index (χ3n) is 4.01. The van der Waals surface area contributed by atoms with Gasteiger partial charge in [0.2, 0.25) is 5.76 Å². The van der Waals surface area contributed by atoms with Gasteiger partial charge in [0.15, 0.2) is 0 Å². The molecule has 130 valence electrons. The maximum absolute atomic E-state index is 12.2. The lowest BCUT2D eigenvalue weighted by molar-refractivity contribution is 0.0873. The molecule has 1 aliphatic rings. The summed E-state index contributed by atoms with van der Waals surface area (Å²) in [7, 11) is 0. The minimum atomic E-state index is -0.290.